The molecular weight excluding hydrogens is 560 g/mol. The van der Waals surface area contributed by atoms with Crippen molar-refractivity contribution in [1.82, 2.24) is 26.3 Å². The van der Waals surface area contributed by atoms with Gasteiger partial charge in [-0.05, 0) is 37.5 Å². The molecule has 1 aromatic carbocycles. The predicted octanol–water partition coefficient (Wildman–Crippen LogP) is -2.29. The van der Waals surface area contributed by atoms with Gasteiger partial charge in [0.1, 0.15) is 42.2 Å². The number of hydrogen-bond donors (Lipinski definition) is 8. The molecule has 2 heterocycles. The number of amides is 4. The molecule has 0 saturated carbocycles. The number of fused-ring (bicyclic) bond motifs is 18. The number of aliphatic carboxylic acids is 1. The van der Waals surface area contributed by atoms with Gasteiger partial charge in [-0.3, -0.25) is 19.2 Å². The van der Waals surface area contributed by atoms with E-state index in [0.29, 0.717) is 23.4 Å². The van der Waals surface area contributed by atoms with Gasteiger partial charge in [0.2, 0.25) is 23.6 Å². The summed E-state index contributed by atoms with van der Waals surface area (Å²) < 4.78 is 5.73. The van der Waals surface area contributed by atoms with Crippen LogP contribution in [-0.2, 0) is 30.4 Å². The molecule has 6 atom stereocenters. The van der Waals surface area contributed by atoms with Crippen LogP contribution in [0.4, 0.5) is 0 Å². The Labute approximate surface area is 250 Å². The zero-order chi connectivity index (χ0) is 32.3. The highest BCUT2D eigenvalue weighted by atomic mass is 16.5. The molecule has 2 aliphatic rings. The van der Waals surface area contributed by atoms with Crippen LogP contribution < -0.4 is 43.3 Å². The van der Waals surface area contributed by atoms with E-state index in [1.807, 2.05) is 6.92 Å². The van der Waals surface area contributed by atoms with Crippen molar-refractivity contribution in [1.29, 1.82) is 0 Å². The molecule has 0 spiro atoms. The molecule has 0 radical (unpaired) electrons. The quantitative estimate of drug-likeness (QED) is 0.132. The molecule has 12 N–H and O–H groups in total. The van der Waals surface area contributed by atoms with Crippen LogP contribution in [0.15, 0.2) is 36.2 Å². The molecule has 0 aromatic heterocycles. The summed E-state index contributed by atoms with van der Waals surface area (Å²) in [6, 6.07) is 1.27. The van der Waals surface area contributed by atoms with Gasteiger partial charge in [0.25, 0.3) is 0 Å². The van der Waals surface area contributed by atoms with E-state index in [0.717, 1.165) is 0 Å². The first-order valence-electron chi connectivity index (χ1n) is 14.2. The van der Waals surface area contributed by atoms with Gasteiger partial charge in [-0.1, -0.05) is 32.4 Å². The molecular formula is C28H45N8O7+. The summed E-state index contributed by atoms with van der Waals surface area (Å²) in [5, 5.41) is 21.4. The van der Waals surface area contributed by atoms with Crippen molar-refractivity contribution in [2.45, 2.75) is 77.2 Å². The van der Waals surface area contributed by atoms with Crippen LogP contribution in [0.1, 0.15) is 46.1 Å². The summed E-state index contributed by atoms with van der Waals surface area (Å²) in [7, 11) is 0. The molecule has 0 unspecified atom stereocenters. The Kier molecular flexibility index (Phi) is 13.4. The van der Waals surface area contributed by atoms with E-state index >= 15 is 0 Å². The maximum absolute atomic E-state index is 13.3. The lowest BCUT2D eigenvalue weighted by atomic mass is 9.97. The number of carboxylic acid groups (broad SMARTS) is 1. The zero-order valence-electron chi connectivity index (χ0n) is 25.1. The van der Waals surface area contributed by atoms with E-state index in [1.165, 1.54) is 25.1 Å². The normalized spacial score (nSPS) is 25.7. The molecule has 2 aliphatic heterocycles. The third-order valence-electron chi connectivity index (χ3n) is 7.00. The van der Waals surface area contributed by atoms with E-state index in [4.69, 9.17) is 16.3 Å². The molecule has 238 valence electrons. The molecule has 43 heavy (non-hydrogen) atoms. The first kappa shape index (κ1) is 35.0. The first-order valence-corrected chi connectivity index (χ1v) is 14.2. The van der Waals surface area contributed by atoms with Crippen LogP contribution >= 0.6 is 0 Å². The smallest absolute Gasteiger partial charge is 0.326 e. The summed E-state index contributed by atoms with van der Waals surface area (Å²) in [4.78, 5) is 64.0. The Morgan fingerprint density at radius 2 is 1.74 bits per heavy atom. The number of rotatable bonds is 5. The molecule has 2 bridgehead atoms. The van der Waals surface area contributed by atoms with Crippen LogP contribution in [0.5, 0.6) is 5.75 Å². The van der Waals surface area contributed by atoms with Gasteiger partial charge in [0.15, 0.2) is 0 Å². The van der Waals surface area contributed by atoms with Gasteiger partial charge in [-0.2, -0.15) is 0 Å². The highest BCUT2D eigenvalue weighted by Crippen LogP contribution is 2.15. The number of hydrogen-bond acceptors (Lipinski definition) is 9. The SMILES string of the molecule is CC[C@H](C)[C@@H]1NC(=O)[C@H](C)NC(=O)[C@@H](NC(=O)[C@H](C)N)C/C([NH3+])=C/N(N)CCOc2ccc(cc2)C[C@@H](C(=O)O)NC1=O. The number of carbonyl (C=O) groups is 5. The van der Waals surface area contributed by atoms with Crippen molar-refractivity contribution in [3.8, 4) is 5.75 Å². The highest BCUT2D eigenvalue weighted by molar-refractivity contribution is 5.95. The number of quaternary nitrogens is 1. The number of nitrogens with one attached hydrogen (secondary N) is 4. The van der Waals surface area contributed by atoms with Crippen molar-refractivity contribution in [3.63, 3.8) is 0 Å². The van der Waals surface area contributed by atoms with E-state index in [1.54, 1.807) is 31.2 Å². The Balaban J connectivity index is 2.41. The maximum Gasteiger partial charge on any atom is 0.326 e. The van der Waals surface area contributed by atoms with E-state index in [-0.39, 0.29) is 31.9 Å². The molecule has 4 amide bonds. The minimum Gasteiger partial charge on any atom is -0.492 e. The number of benzene rings is 1. The second-order valence-electron chi connectivity index (χ2n) is 10.8. The first-order chi connectivity index (χ1) is 20.2. The topological polar surface area (TPSA) is 246 Å². The molecule has 3 rings (SSSR count). The van der Waals surface area contributed by atoms with Gasteiger partial charge in [-0.15, -0.1) is 0 Å². The van der Waals surface area contributed by atoms with Crippen LogP contribution in [0.3, 0.4) is 0 Å². The van der Waals surface area contributed by atoms with Gasteiger partial charge >= 0.3 is 5.97 Å². The lowest BCUT2D eigenvalue weighted by Gasteiger charge is -2.27. The minimum atomic E-state index is -1.26. The average Bonchev–Trinajstić information content (AvgIpc) is 2.94. The number of nitrogens with zero attached hydrogens (tertiary/aromatic N) is 1. The van der Waals surface area contributed by atoms with Crippen molar-refractivity contribution in [3.05, 3.63) is 41.7 Å². The molecule has 15 heteroatoms. The molecule has 15 nitrogen and oxygen atoms in total. The minimum absolute atomic E-state index is 0.00282. The van der Waals surface area contributed by atoms with E-state index in [9.17, 15) is 29.1 Å². The third-order valence-corrected chi connectivity index (χ3v) is 7.00. The monoisotopic (exact) mass is 605 g/mol. The molecule has 0 aliphatic carbocycles. The fraction of sp³-hybridized carbons (Fsp3) is 0.536. The summed E-state index contributed by atoms with van der Waals surface area (Å²) >= 11 is 0. The van der Waals surface area contributed by atoms with E-state index < -0.39 is 59.8 Å². The average molecular weight is 606 g/mol. The van der Waals surface area contributed by atoms with Crippen LogP contribution in [0.25, 0.3) is 0 Å². The standard InChI is InChI=1S/C28H44N8O7/c1-5-15(2)23-27(40)34-22(28(41)42)12-18-6-8-20(9-7-18)43-11-10-36(31)14-19(30)13-21(33-24(37)16(3)29)26(39)32-17(4)25(38)35-23/h6-9,14-17,21-23H,5,10-13,29-31H2,1-4H3,(H,32,39)(H,33,37)(H,34,40)(H,35,38)(H,41,42)/p+1/b19-14-/t15-,16-,17-,21-,22-,23-/m0/s1. The highest BCUT2D eigenvalue weighted by Gasteiger charge is 2.32. The number of carboxylic acids is 1. The van der Waals surface area contributed by atoms with Crippen molar-refractivity contribution in [2.75, 3.05) is 13.2 Å². The maximum atomic E-state index is 13.3. The van der Waals surface area contributed by atoms with E-state index in [2.05, 4.69) is 27.0 Å². The fourth-order valence-corrected chi connectivity index (χ4v) is 4.17. The fourth-order valence-electron chi connectivity index (χ4n) is 4.17. The molecule has 1 aromatic rings. The second kappa shape index (κ2) is 16.4. The molecule has 0 fully saturated rings. The second-order valence-corrected chi connectivity index (χ2v) is 10.8. The zero-order valence-corrected chi connectivity index (χ0v) is 25.1. The van der Waals surface area contributed by atoms with Gasteiger partial charge in [-0.25, -0.2) is 10.6 Å². The summed E-state index contributed by atoms with van der Waals surface area (Å²) in [6.45, 7) is 6.91. The number of carbonyl (C=O) groups excluding carboxylic acids is 4. The summed E-state index contributed by atoms with van der Waals surface area (Å²) in [5.41, 5.74) is 10.7. The van der Waals surface area contributed by atoms with Gasteiger partial charge in [0, 0.05) is 6.42 Å². The summed E-state index contributed by atoms with van der Waals surface area (Å²) in [5.74, 6) is 2.37. The Bertz CT molecular complexity index is 1170. The van der Waals surface area contributed by atoms with Crippen LogP contribution in [0, 0.1) is 5.92 Å². The third kappa shape index (κ3) is 11.2. The Morgan fingerprint density at radius 1 is 1.09 bits per heavy atom. The van der Waals surface area contributed by atoms with Crippen LogP contribution in [0.2, 0.25) is 0 Å². The molecule has 0 saturated heterocycles. The predicted molar refractivity (Wildman–Crippen MR) is 156 cm³/mol. The van der Waals surface area contributed by atoms with Crippen LogP contribution in [-0.4, -0.2) is 83.1 Å². The Hall–Kier alpha value is -4.21. The summed E-state index contributed by atoms with van der Waals surface area (Å²) in [6.07, 6.45) is 1.97. The van der Waals surface area contributed by atoms with Gasteiger partial charge in [0.05, 0.1) is 25.2 Å². The lowest BCUT2D eigenvalue weighted by Crippen LogP contribution is -2.60. The largest absolute Gasteiger partial charge is 0.492 e. The van der Waals surface area contributed by atoms with Crippen molar-refractivity contribution in [2.24, 2.45) is 17.5 Å². The Morgan fingerprint density at radius 3 is 2.33 bits per heavy atom. The number of nitrogens with two attached hydrogens (primary N) is 2. The van der Waals surface area contributed by atoms with Gasteiger partial charge < -0.3 is 47.6 Å². The lowest BCUT2D eigenvalue weighted by molar-refractivity contribution is -0.309. The number of hydrazine groups is 1. The van der Waals surface area contributed by atoms with Crippen molar-refractivity contribution >= 4 is 29.6 Å². The number of ether oxygens (including phenoxy) is 1. The van der Waals surface area contributed by atoms with Crippen molar-refractivity contribution < 1.29 is 39.5 Å².